The minimum Gasteiger partial charge on any atom is -0.381 e. The second-order valence-electron chi connectivity index (χ2n) is 5.92. The predicted molar refractivity (Wildman–Crippen MR) is 75.9 cm³/mol. The molecule has 0 atom stereocenters. The fraction of sp³-hybridized carbons (Fsp3) is 0.769. The highest BCUT2D eigenvalue weighted by molar-refractivity contribution is 7.89. The second kappa shape index (κ2) is 5.46. The molecule has 0 amide bonds. The van der Waals surface area contributed by atoms with Gasteiger partial charge in [0.25, 0.3) is 10.0 Å². The minimum atomic E-state index is -3.52. The van der Waals surface area contributed by atoms with Gasteiger partial charge in [-0.1, -0.05) is 6.92 Å². The predicted octanol–water partition coefficient (Wildman–Crippen LogP) is 1.17. The Morgan fingerprint density at radius 1 is 1.45 bits per heavy atom. The van der Waals surface area contributed by atoms with Gasteiger partial charge in [0.15, 0.2) is 5.03 Å². The smallest absolute Gasteiger partial charge is 0.261 e. The number of hydrogen-bond acceptors (Lipinski definition) is 4. The zero-order valence-corrected chi connectivity index (χ0v) is 13.4. The van der Waals surface area contributed by atoms with Crippen LogP contribution in [0, 0.1) is 12.3 Å². The Kier molecular flexibility index (Phi) is 4.22. The van der Waals surface area contributed by atoms with Gasteiger partial charge in [-0.15, -0.1) is 0 Å². The molecule has 1 aliphatic heterocycles. The van der Waals surface area contributed by atoms with Crippen molar-refractivity contribution in [2.24, 2.45) is 12.5 Å². The maximum atomic E-state index is 12.5. The van der Waals surface area contributed by atoms with Crippen LogP contribution in [0.25, 0.3) is 0 Å². The maximum Gasteiger partial charge on any atom is 0.261 e. The lowest BCUT2D eigenvalue weighted by molar-refractivity contribution is 0.0174. The van der Waals surface area contributed by atoms with Gasteiger partial charge in [0, 0.05) is 40.1 Å². The van der Waals surface area contributed by atoms with Crippen LogP contribution in [0.3, 0.4) is 0 Å². The first-order valence-corrected chi connectivity index (χ1v) is 8.23. The summed E-state index contributed by atoms with van der Waals surface area (Å²) in [6, 6.07) is 0. The van der Waals surface area contributed by atoms with Gasteiger partial charge in [0.1, 0.15) is 5.82 Å². The lowest BCUT2D eigenvalue weighted by Crippen LogP contribution is -2.40. The number of sulfonamides is 1. The molecule has 2 rings (SSSR count). The molecule has 1 aliphatic rings. The Morgan fingerprint density at radius 2 is 2.05 bits per heavy atom. The van der Waals surface area contributed by atoms with Crippen LogP contribution in [0.4, 0.5) is 0 Å². The molecule has 0 radical (unpaired) electrons. The second-order valence-corrected chi connectivity index (χ2v) is 7.91. The highest BCUT2D eigenvalue weighted by Gasteiger charge is 2.34. The third-order valence-corrected chi connectivity index (χ3v) is 5.74. The van der Waals surface area contributed by atoms with Gasteiger partial charge in [0.05, 0.1) is 0 Å². The molecule has 0 spiro atoms. The number of aromatic nitrogens is 2. The number of rotatable bonds is 4. The van der Waals surface area contributed by atoms with Crippen LogP contribution in [0.5, 0.6) is 0 Å². The summed E-state index contributed by atoms with van der Waals surface area (Å²) >= 11 is 0. The molecular weight excluding hydrogens is 278 g/mol. The summed E-state index contributed by atoms with van der Waals surface area (Å²) in [6.45, 7) is 5.80. The molecule has 0 unspecified atom stereocenters. The molecule has 1 aromatic heterocycles. The van der Waals surface area contributed by atoms with Crippen molar-refractivity contribution in [1.82, 2.24) is 13.9 Å². The van der Waals surface area contributed by atoms with Crippen LogP contribution in [-0.4, -0.2) is 49.1 Å². The van der Waals surface area contributed by atoms with E-state index in [9.17, 15) is 8.42 Å². The number of imidazole rings is 1. The van der Waals surface area contributed by atoms with Gasteiger partial charge in [-0.3, -0.25) is 0 Å². The van der Waals surface area contributed by atoms with E-state index in [4.69, 9.17) is 4.74 Å². The van der Waals surface area contributed by atoms with Gasteiger partial charge >= 0.3 is 0 Å². The van der Waals surface area contributed by atoms with Crippen LogP contribution in [-0.2, 0) is 21.8 Å². The van der Waals surface area contributed by atoms with Crippen molar-refractivity contribution in [1.29, 1.82) is 0 Å². The van der Waals surface area contributed by atoms with Crippen LogP contribution in [0.1, 0.15) is 25.6 Å². The van der Waals surface area contributed by atoms with E-state index in [0.717, 1.165) is 12.8 Å². The lowest BCUT2D eigenvalue weighted by atomic mass is 9.82. The molecular formula is C13H23N3O3S. The van der Waals surface area contributed by atoms with Crippen molar-refractivity contribution in [2.75, 3.05) is 26.8 Å². The third kappa shape index (κ3) is 3.05. The fourth-order valence-electron chi connectivity index (χ4n) is 2.46. The van der Waals surface area contributed by atoms with Crippen LogP contribution >= 0.6 is 0 Å². The van der Waals surface area contributed by atoms with Crippen molar-refractivity contribution in [2.45, 2.75) is 31.7 Å². The summed E-state index contributed by atoms with van der Waals surface area (Å²) in [5.41, 5.74) is -0.0239. The SMILES string of the molecule is Cc1nc(S(=O)(=O)N(C)CC2(C)CCOCC2)cn1C. The Morgan fingerprint density at radius 3 is 2.55 bits per heavy atom. The van der Waals surface area contributed by atoms with Crippen LogP contribution in [0.2, 0.25) is 0 Å². The van der Waals surface area contributed by atoms with E-state index < -0.39 is 10.0 Å². The van der Waals surface area contributed by atoms with Gasteiger partial charge in [-0.25, -0.2) is 13.4 Å². The summed E-state index contributed by atoms with van der Waals surface area (Å²) in [7, 11) is -0.0997. The lowest BCUT2D eigenvalue weighted by Gasteiger charge is -2.36. The summed E-state index contributed by atoms with van der Waals surface area (Å²) in [5, 5.41) is 0.121. The zero-order valence-electron chi connectivity index (χ0n) is 12.6. The average molecular weight is 301 g/mol. The highest BCUT2D eigenvalue weighted by atomic mass is 32.2. The molecule has 20 heavy (non-hydrogen) atoms. The van der Waals surface area contributed by atoms with Gasteiger partial charge in [0.2, 0.25) is 0 Å². The first-order valence-electron chi connectivity index (χ1n) is 6.79. The minimum absolute atomic E-state index is 0.0239. The largest absolute Gasteiger partial charge is 0.381 e. The molecule has 2 heterocycles. The Labute approximate surface area is 120 Å². The summed E-state index contributed by atoms with van der Waals surface area (Å²) in [5.74, 6) is 0.689. The van der Waals surface area contributed by atoms with E-state index in [0.29, 0.717) is 25.6 Å². The molecule has 1 fully saturated rings. The average Bonchev–Trinajstić information content (AvgIpc) is 2.70. The van der Waals surface area contributed by atoms with Crippen LogP contribution in [0.15, 0.2) is 11.2 Å². The van der Waals surface area contributed by atoms with E-state index in [1.54, 1.807) is 31.8 Å². The first kappa shape index (κ1) is 15.5. The molecule has 1 saturated heterocycles. The van der Waals surface area contributed by atoms with Crippen molar-refractivity contribution in [3.63, 3.8) is 0 Å². The van der Waals surface area contributed by atoms with Crippen molar-refractivity contribution in [3.05, 3.63) is 12.0 Å². The Balaban J connectivity index is 2.16. The van der Waals surface area contributed by atoms with Crippen molar-refractivity contribution < 1.29 is 13.2 Å². The summed E-state index contributed by atoms with van der Waals surface area (Å²) in [4.78, 5) is 4.13. The van der Waals surface area contributed by atoms with E-state index in [-0.39, 0.29) is 10.4 Å². The molecule has 0 bridgehead atoms. The molecule has 6 nitrogen and oxygen atoms in total. The first-order chi connectivity index (χ1) is 9.24. The van der Waals surface area contributed by atoms with E-state index in [1.165, 1.54) is 4.31 Å². The summed E-state index contributed by atoms with van der Waals surface area (Å²) < 4.78 is 33.6. The van der Waals surface area contributed by atoms with E-state index >= 15 is 0 Å². The van der Waals surface area contributed by atoms with Crippen molar-refractivity contribution >= 4 is 10.0 Å². The standard InChI is InChI=1S/C13H23N3O3S/c1-11-14-12(9-15(11)3)20(17,18)16(4)10-13(2)5-7-19-8-6-13/h9H,5-8,10H2,1-4H3. The van der Waals surface area contributed by atoms with Gasteiger partial charge in [-0.05, 0) is 25.2 Å². The van der Waals surface area contributed by atoms with E-state index in [2.05, 4.69) is 11.9 Å². The molecule has 1 aromatic rings. The molecule has 0 aliphatic carbocycles. The van der Waals surface area contributed by atoms with Crippen LogP contribution < -0.4 is 0 Å². The monoisotopic (exact) mass is 301 g/mol. The molecule has 0 N–H and O–H groups in total. The quantitative estimate of drug-likeness (QED) is 0.837. The topological polar surface area (TPSA) is 64.4 Å². The van der Waals surface area contributed by atoms with Gasteiger partial charge < -0.3 is 9.30 Å². The highest BCUT2D eigenvalue weighted by Crippen LogP contribution is 2.31. The zero-order chi connectivity index (χ0) is 15.0. The number of hydrogen-bond donors (Lipinski definition) is 0. The van der Waals surface area contributed by atoms with E-state index in [1.807, 2.05) is 0 Å². The number of aryl methyl sites for hydroxylation is 2. The number of ether oxygens (including phenoxy) is 1. The molecule has 7 heteroatoms. The summed E-state index contributed by atoms with van der Waals surface area (Å²) in [6.07, 6.45) is 3.33. The van der Waals surface area contributed by atoms with Gasteiger partial charge in [-0.2, -0.15) is 4.31 Å². The molecule has 114 valence electrons. The third-order valence-electron chi connectivity index (χ3n) is 4.07. The molecule has 0 saturated carbocycles. The van der Waals surface area contributed by atoms with Crippen molar-refractivity contribution in [3.8, 4) is 0 Å². The Bertz CT molecular complexity index is 554. The Hall–Kier alpha value is -0.920. The maximum absolute atomic E-state index is 12.5. The fourth-order valence-corrected chi connectivity index (χ4v) is 3.79. The normalized spacial score (nSPS) is 19.4. The molecule has 0 aromatic carbocycles. The number of nitrogens with zero attached hydrogens (tertiary/aromatic N) is 3.